The van der Waals surface area contributed by atoms with Crippen molar-refractivity contribution in [3.8, 4) is 0 Å². The van der Waals surface area contributed by atoms with Crippen molar-refractivity contribution < 1.29 is 4.39 Å². The molecule has 78 valence electrons. The monoisotopic (exact) mass is 203 g/mol. The molecule has 0 bridgehead atoms. The number of hydrogen-bond donors (Lipinski definition) is 0. The van der Waals surface area contributed by atoms with E-state index >= 15 is 0 Å². The van der Waals surface area contributed by atoms with Gasteiger partial charge in [-0.2, -0.15) is 0 Å². The van der Waals surface area contributed by atoms with E-state index in [0.717, 1.165) is 36.1 Å². The smallest absolute Gasteiger partial charge is 0.139 e. The van der Waals surface area contributed by atoms with E-state index < -0.39 is 0 Å². The van der Waals surface area contributed by atoms with Gasteiger partial charge in [-0.05, 0) is 25.1 Å². The summed E-state index contributed by atoms with van der Waals surface area (Å²) >= 11 is 0. The van der Waals surface area contributed by atoms with Crippen molar-refractivity contribution in [1.82, 2.24) is 4.90 Å². The second-order valence-corrected chi connectivity index (χ2v) is 4.22. The second kappa shape index (κ2) is 4.19. The zero-order valence-corrected chi connectivity index (χ0v) is 9.26. The molecule has 1 aliphatic heterocycles. The Morgan fingerprint density at radius 2 is 2.20 bits per heavy atom. The maximum Gasteiger partial charge on any atom is 0.139 e. The molecule has 0 unspecified atom stereocenters. The van der Waals surface area contributed by atoms with Gasteiger partial charge in [0.1, 0.15) is 13.7 Å². The number of hydrogen-bond acceptors (Lipinski definition) is 1. The molecule has 1 nitrogen and oxygen atoms in total. The Bertz CT molecular complexity index is 401. The quantitative estimate of drug-likeness (QED) is 0.610. The minimum atomic E-state index is -0.0918. The van der Waals surface area contributed by atoms with Gasteiger partial charge in [-0.1, -0.05) is 23.7 Å². The Kier molecular flexibility index (Phi) is 2.92. The van der Waals surface area contributed by atoms with Gasteiger partial charge >= 0.3 is 0 Å². The summed E-state index contributed by atoms with van der Waals surface area (Å²) < 4.78 is 13.7. The molecule has 3 heteroatoms. The van der Waals surface area contributed by atoms with Gasteiger partial charge in [-0.3, -0.25) is 0 Å². The molecule has 0 saturated carbocycles. The molecule has 2 rings (SSSR count). The highest BCUT2D eigenvalue weighted by Gasteiger charge is 2.12. The van der Waals surface area contributed by atoms with Crippen LogP contribution in [-0.4, -0.2) is 32.9 Å². The summed E-state index contributed by atoms with van der Waals surface area (Å²) in [5, 5.41) is 0. The van der Waals surface area contributed by atoms with Gasteiger partial charge in [0, 0.05) is 18.7 Å². The summed E-state index contributed by atoms with van der Waals surface area (Å²) in [5.41, 5.74) is 2.89. The van der Waals surface area contributed by atoms with Crippen molar-refractivity contribution >= 4 is 18.9 Å². The zero-order chi connectivity index (χ0) is 10.8. The van der Waals surface area contributed by atoms with E-state index in [-0.39, 0.29) is 5.82 Å². The van der Waals surface area contributed by atoms with Crippen molar-refractivity contribution in [3.05, 3.63) is 35.7 Å². The van der Waals surface area contributed by atoms with Gasteiger partial charge in [-0.25, -0.2) is 4.39 Å². The van der Waals surface area contributed by atoms with Gasteiger partial charge in [0.05, 0.1) is 0 Å². The maximum atomic E-state index is 13.7. The first kappa shape index (κ1) is 10.4. The van der Waals surface area contributed by atoms with E-state index in [0.29, 0.717) is 0 Å². The Labute approximate surface area is 91.0 Å². The molecule has 0 radical (unpaired) electrons. The Balaban J connectivity index is 2.30. The van der Waals surface area contributed by atoms with Crippen molar-refractivity contribution in [1.29, 1.82) is 0 Å². The molecular weight excluding hydrogens is 188 g/mol. The molecule has 1 aromatic rings. The molecule has 0 spiro atoms. The predicted molar refractivity (Wildman–Crippen MR) is 64.7 cm³/mol. The predicted octanol–water partition coefficient (Wildman–Crippen LogP) is 0.803. The van der Waals surface area contributed by atoms with E-state index in [2.05, 4.69) is 18.0 Å². The fraction of sp³-hybridized carbons (Fsp3) is 0.333. The van der Waals surface area contributed by atoms with Crippen LogP contribution < -0.4 is 5.46 Å². The van der Waals surface area contributed by atoms with Crippen molar-refractivity contribution in [3.63, 3.8) is 0 Å². The summed E-state index contributed by atoms with van der Waals surface area (Å²) in [6, 6.07) is 5.47. The molecule has 0 N–H and O–H groups in total. The van der Waals surface area contributed by atoms with E-state index in [1.165, 1.54) is 0 Å². The third kappa shape index (κ3) is 2.29. The van der Waals surface area contributed by atoms with Crippen molar-refractivity contribution in [2.45, 2.75) is 6.42 Å². The van der Waals surface area contributed by atoms with Crippen molar-refractivity contribution in [2.24, 2.45) is 0 Å². The van der Waals surface area contributed by atoms with Crippen LogP contribution in [0.5, 0.6) is 0 Å². The van der Waals surface area contributed by atoms with Crippen LogP contribution in [0, 0.1) is 5.82 Å². The number of benzene rings is 1. The van der Waals surface area contributed by atoms with Gasteiger partial charge in [-0.15, -0.1) is 0 Å². The third-order valence-corrected chi connectivity index (χ3v) is 2.88. The molecule has 0 saturated heterocycles. The van der Waals surface area contributed by atoms with Crippen LogP contribution >= 0.6 is 0 Å². The molecule has 0 fully saturated rings. The van der Waals surface area contributed by atoms with Crippen LogP contribution in [-0.2, 0) is 0 Å². The highest BCUT2D eigenvalue weighted by atomic mass is 19.1. The number of nitrogens with zero attached hydrogens (tertiary/aromatic N) is 1. The van der Waals surface area contributed by atoms with Crippen LogP contribution in [0.3, 0.4) is 0 Å². The van der Waals surface area contributed by atoms with E-state index in [4.69, 9.17) is 0 Å². The molecule has 1 heterocycles. The van der Waals surface area contributed by atoms with Gasteiger partial charge in [0.2, 0.25) is 0 Å². The lowest BCUT2D eigenvalue weighted by atomic mass is 9.91. The number of rotatable bonds is 1. The molecule has 0 amide bonds. The van der Waals surface area contributed by atoms with Crippen LogP contribution in [0.4, 0.5) is 4.39 Å². The lowest BCUT2D eigenvalue weighted by Gasteiger charge is -2.22. The molecular formula is C12H15BFN. The minimum absolute atomic E-state index is 0.0918. The maximum absolute atomic E-state index is 13.7. The first-order valence-corrected chi connectivity index (χ1v) is 5.31. The molecule has 1 aromatic carbocycles. The van der Waals surface area contributed by atoms with Crippen LogP contribution in [0.2, 0.25) is 0 Å². The summed E-state index contributed by atoms with van der Waals surface area (Å²) in [4.78, 5) is 2.23. The second-order valence-electron chi connectivity index (χ2n) is 4.22. The topological polar surface area (TPSA) is 3.24 Å². The molecule has 0 atom stereocenters. The van der Waals surface area contributed by atoms with Crippen LogP contribution in [0.15, 0.2) is 24.3 Å². The fourth-order valence-electron chi connectivity index (χ4n) is 1.90. The molecule has 1 aliphatic rings. The summed E-state index contributed by atoms with van der Waals surface area (Å²) in [7, 11) is 3.99. The highest BCUT2D eigenvalue weighted by molar-refractivity contribution is 6.32. The average Bonchev–Trinajstić information content (AvgIpc) is 2.20. The van der Waals surface area contributed by atoms with Gasteiger partial charge < -0.3 is 4.90 Å². The van der Waals surface area contributed by atoms with E-state index in [9.17, 15) is 4.39 Å². The Morgan fingerprint density at radius 1 is 1.40 bits per heavy atom. The number of likely N-dealkylation sites (N-methyl/N-ethyl adjacent to an activating group) is 1. The lowest BCUT2D eigenvalue weighted by molar-refractivity contribution is 0.369. The van der Waals surface area contributed by atoms with E-state index in [1.54, 1.807) is 6.07 Å². The van der Waals surface area contributed by atoms with Crippen molar-refractivity contribution in [2.75, 3.05) is 20.1 Å². The standard InChI is InChI=1S/C12H15BFN/c1-15-6-4-9(5-7-15)11-3-2-10(13)8-12(11)14/h2-4,8H,5-7,13H2,1H3. The summed E-state index contributed by atoms with van der Waals surface area (Å²) in [6.07, 6.45) is 3.06. The molecule has 15 heavy (non-hydrogen) atoms. The van der Waals surface area contributed by atoms with E-state index in [1.807, 2.05) is 20.0 Å². The van der Waals surface area contributed by atoms with Crippen LogP contribution in [0.1, 0.15) is 12.0 Å². The lowest BCUT2D eigenvalue weighted by Crippen LogP contribution is -2.24. The average molecular weight is 203 g/mol. The summed E-state index contributed by atoms with van der Waals surface area (Å²) in [6.45, 7) is 1.93. The van der Waals surface area contributed by atoms with Crippen LogP contribution in [0.25, 0.3) is 5.57 Å². The Hall–Kier alpha value is -1.09. The van der Waals surface area contributed by atoms with Gasteiger partial charge in [0.15, 0.2) is 0 Å². The highest BCUT2D eigenvalue weighted by Crippen LogP contribution is 2.23. The first-order valence-electron chi connectivity index (χ1n) is 5.31. The minimum Gasteiger partial charge on any atom is -0.302 e. The van der Waals surface area contributed by atoms with Gasteiger partial charge in [0.25, 0.3) is 0 Å². The zero-order valence-electron chi connectivity index (χ0n) is 9.26. The normalized spacial score (nSPS) is 17.6. The Morgan fingerprint density at radius 3 is 2.80 bits per heavy atom. The first-order chi connectivity index (χ1) is 7.16. The largest absolute Gasteiger partial charge is 0.302 e. The fourth-order valence-corrected chi connectivity index (χ4v) is 1.90. The summed E-state index contributed by atoms with van der Waals surface area (Å²) in [5.74, 6) is -0.0918. The number of halogens is 1. The molecule has 0 aliphatic carbocycles. The SMILES string of the molecule is Bc1ccc(C2=CCN(C)CC2)c(F)c1. The third-order valence-electron chi connectivity index (χ3n) is 2.88. The molecule has 0 aromatic heterocycles.